The van der Waals surface area contributed by atoms with Gasteiger partial charge in [-0.3, -0.25) is 4.79 Å². The molecule has 24 heavy (non-hydrogen) atoms. The van der Waals surface area contributed by atoms with Crippen molar-refractivity contribution in [3.63, 3.8) is 0 Å². The highest BCUT2D eigenvalue weighted by Gasteiger charge is 2.27. The average Bonchev–Trinajstić information content (AvgIpc) is 2.54. The molecule has 1 saturated heterocycles. The van der Waals surface area contributed by atoms with E-state index in [-0.39, 0.29) is 36.8 Å². The van der Waals surface area contributed by atoms with Gasteiger partial charge in [0.25, 0.3) is 5.91 Å². The third-order valence-corrected chi connectivity index (χ3v) is 4.63. The van der Waals surface area contributed by atoms with Gasteiger partial charge in [-0.05, 0) is 50.3 Å². The highest BCUT2D eigenvalue weighted by atomic mass is 35.5. The van der Waals surface area contributed by atoms with Gasteiger partial charge < -0.3 is 10.6 Å². The number of likely N-dealkylation sites (tertiary alicyclic amines) is 1. The molecule has 0 bridgehead atoms. The van der Waals surface area contributed by atoms with Crippen LogP contribution in [0.15, 0.2) is 30.3 Å². The molecule has 2 N–H and O–H groups in total. The summed E-state index contributed by atoms with van der Waals surface area (Å²) in [6, 6.07) is 9.98. The molecule has 2 heterocycles. The number of pyridine rings is 1. The van der Waals surface area contributed by atoms with E-state index >= 15 is 0 Å². The number of amides is 1. The minimum atomic E-state index is 0. The summed E-state index contributed by atoms with van der Waals surface area (Å²) in [6.45, 7) is 5.60. The summed E-state index contributed by atoms with van der Waals surface area (Å²) in [5, 5.41) is 1.10. The topological polar surface area (TPSA) is 59.2 Å². The summed E-state index contributed by atoms with van der Waals surface area (Å²) in [5.41, 5.74) is 8.53. The summed E-state index contributed by atoms with van der Waals surface area (Å²) < 4.78 is 0. The predicted octanol–water partition coefficient (Wildman–Crippen LogP) is 3.59. The lowest BCUT2D eigenvalue weighted by Crippen LogP contribution is -2.45. The van der Waals surface area contributed by atoms with Crippen LogP contribution in [0.25, 0.3) is 10.9 Å². The second-order valence-corrected chi connectivity index (χ2v) is 6.35. The molecular formula is C18H25Cl2N3O. The number of aromatic nitrogens is 1. The van der Waals surface area contributed by atoms with E-state index in [0.29, 0.717) is 11.6 Å². The van der Waals surface area contributed by atoms with Gasteiger partial charge in [-0.25, -0.2) is 4.98 Å². The number of piperidine rings is 1. The molecule has 4 nitrogen and oxygen atoms in total. The van der Waals surface area contributed by atoms with E-state index < -0.39 is 0 Å². The number of para-hydroxylation sites is 1. The van der Waals surface area contributed by atoms with Crippen molar-refractivity contribution in [1.29, 1.82) is 0 Å². The van der Waals surface area contributed by atoms with E-state index in [1.807, 2.05) is 49.1 Å². The Bertz CT molecular complexity index is 706. The Morgan fingerprint density at radius 1 is 1.33 bits per heavy atom. The molecule has 6 heteroatoms. The zero-order chi connectivity index (χ0) is 15.7. The maximum absolute atomic E-state index is 12.8. The summed E-state index contributed by atoms with van der Waals surface area (Å²) in [7, 11) is 0. The van der Waals surface area contributed by atoms with E-state index in [4.69, 9.17) is 5.73 Å². The van der Waals surface area contributed by atoms with Crippen LogP contribution >= 0.6 is 24.8 Å². The number of nitrogens with zero attached hydrogens (tertiary/aromatic N) is 2. The average molecular weight is 370 g/mol. The van der Waals surface area contributed by atoms with Crippen molar-refractivity contribution < 1.29 is 4.79 Å². The molecule has 0 aliphatic carbocycles. The third-order valence-electron chi connectivity index (χ3n) is 4.63. The van der Waals surface area contributed by atoms with Crippen molar-refractivity contribution in [1.82, 2.24) is 9.88 Å². The lowest BCUT2D eigenvalue weighted by Gasteiger charge is -2.34. The summed E-state index contributed by atoms with van der Waals surface area (Å²) in [6.07, 6.45) is 2.12. The number of fused-ring (bicyclic) bond motifs is 1. The normalized spacial score (nSPS) is 18.5. The number of aryl methyl sites for hydroxylation is 1. The van der Waals surface area contributed by atoms with Crippen LogP contribution in [0.4, 0.5) is 0 Å². The first-order chi connectivity index (χ1) is 10.6. The lowest BCUT2D eigenvalue weighted by atomic mass is 9.92. The highest BCUT2D eigenvalue weighted by Crippen LogP contribution is 2.22. The molecule has 1 aliphatic rings. The maximum Gasteiger partial charge on any atom is 0.272 e. The second-order valence-electron chi connectivity index (χ2n) is 6.35. The van der Waals surface area contributed by atoms with Crippen LogP contribution in [0.3, 0.4) is 0 Å². The summed E-state index contributed by atoms with van der Waals surface area (Å²) in [5.74, 6) is 0.415. The molecule has 0 radical (unpaired) electrons. The molecule has 1 aliphatic heterocycles. The third kappa shape index (κ3) is 4.18. The van der Waals surface area contributed by atoms with Gasteiger partial charge in [0.2, 0.25) is 0 Å². The summed E-state index contributed by atoms with van der Waals surface area (Å²) in [4.78, 5) is 19.3. The van der Waals surface area contributed by atoms with Crippen LogP contribution < -0.4 is 5.73 Å². The number of halogens is 2. The molecule has 2 aromatic rings. The van der Waals surface area contributed by atoms with Crippen LogP contribution in [-0.2, 0) is 0 Å². The van der Waals surface area contributed by atoms with Gasteiger partial charge in [0.1, 0.15) is 5.69 Å². The van der Waals surface area contributed by atoms with Gasteiger partial charge in [-0.2, -0.15) is 0 Å². The van der Waals surface area contributed by atoms with Crippen LogP contribution in [0, 0.1) is 12.8 Å². The molecule has 3 rings (SSSR count). The van der Waals surface area contributed by atoms with E-state index in [0.717, 1.165) is 42.4 Å². The first-order valence-electron chi connectivity index (χ1n) is 7.97. The van der Waals surface area contributed by atoms with Crippen LogP contribution in [0.2, 0.25) is 0 Å². The number of rotatable bonds is 2. The smallest absolute Gasteiger partial charge is 0.272 e. The molecule has 1 amide bonds. The Balaban J connectivity index is 0.00000144. The molecule has 0 saturated carbocycles. The molecule has 2 unspecified atom stereocenters. The number of carbonyl (C=O) groups is 1. The van der Waals surface area contributed by atoms with Crippen molar-refractivity contribution in [3.8, 4) is 0 Å². The quantitative estimate of drug-likeness (QED) is 0.879. The monoisotopic (exact) mass is 369 g/mol. The van der Waals surface area contributed by atoms with Gasteiger partial charge in [0, 0.05) is 24.5 Å². The Kier molecular flexibility index (Phi) is 7.46. The predicted molar refractivity (Wildman–Crippen MR) is 103 cm³/mol. The highest BCUT2D eigenvalue weighted by molar-refractivity contribution is 5.96. The lowest BCUT2D eigenvalue weighted by molar-refractivity contribution is 0.0655. The van der Waals surface area contributed by atoms with E-state index in [2.05, 4.69) is 4.98 Å². The molecule has 0 spiro atoms. The number of hydrogen-bond donors (Lipinski definition) is 1. The second kappa shape index (κ2) is 8.65. The Labute approximate surface area is 155 Å². The molecular weight excluding hydrogens is 345 g/mol. The fraction of sp³-hybridized carbons (Fsp3) is 0.444. The van der Waals surface area contributed by atoms with E-state index in [1.165, 1.54) is 0 Å². The number of nitrogens with two attached hydrogens (primary N) is 1. The zero-order valence-electron chi connectivity index (χ0n) is 14.1. The molecule has 2 atom stereocenters. The molecule has 1 aromatic heterocycles. The van der Waals surface area contributed by atoms with Crippen LogP contribution in [-0.4, -0.2) is 34.9 Å². The summed E-state index contributed by atoms with van der Waals surface area (Å²) >= 11 is 0. The molecule has 1 aromatic carbocycles. The number of hydrogen-bond acceptors (Lipinski definition) is 3. The van der Waals surface area contributed by atoms with Gasteiger partial charge in [-0.15, -0.1) is 24.8 Å². The van der Waals surface area contributed by atoms with Gasteiger partial charge in [-0.1, -0.05) is 18.2 Å². The SMILES string of the molecule is Cc1cc(C(=O)N2CCCC(C(C)N)C2)nc2ccccc12.Cl.Cl. The Hall–Kier alpha value is -1.36. The van der Waals surface area contributed by atoms with E-state index in [1.54, 1.807) is 0 Å². The van der Waals surface area contributed by atoms with Crippen LogP contribution in [0.5, 0.6) is 0 Å². The fourth-order valence-corrected chi connectivity index (χ4v) is 3.24. The minimum absolute atomic E-state index is 0. The van der Waals surface area contributed by atoms with Crippen molar-refractivity contribution in [2.75, 3.05) is 13.1 Å². The van der Waals surface area contributed by atoms with Crippen molar-refractivity contribution in [2.45, 2.75) is 32.7 Å². The largest absolute Gasteiger partial charge is 0.337 e. The number of carbonyl (C=O) groups excluding carboxylic acids is 1. The standard InChI is InChI=1S/C18H23N3O.2ClH/c1-12-10-17(20-16-8-4-3-7-15(12)16)18(22)21-9-5-6-14(11-21)13(2)19;;/h3-4,7-8,10,13-14H,5-6,9,11,19H2,1-2H3;2*1H. The Morgan fingerprint density at radius 2 is 2.04 bits per heavy atom. The van der Waals surface area contributed by atoms with Crippen molar-refractivity contribution in [2.24, 2.45) is 11.7 Å². The maximum atomic E-state index is 12.8. The zero-order valence-corrected chi connectivity index (χ0v) is 15.7. The minimum Gasteiger partial charge on any atom is -0.337 e. The fourth-order valence-electron chi connectivity index (χ4n) is 3.24. The van der Waals surface area contributed by atoms with Gasteiger partial charge in [0.15, 0.2) is 0 Å². The Morgan fingerprint density at radius 3 is 2.75 bits per heavy atom. The molecule has 1 fully saturated rings. The van der Waals surface area contributed by atoms with Crippen molar-refractivity contribution in [3.05, 3.63) is 41.6 Å². The number of benzene rings is 1. The van der Waals surface area contributed by atoms with Gasteiger partial charge >= 0.3 is 0 Å². The van der Waals surface area contributed by atoms with Crippen LogP contribution in [0.1, 0.15) is 35.8 Å². The van der Waals surface area contributed by atoms with E-state index in [9.17, 15) is 4.79 Å². The first kappa shape index (κ1) is 20.7. The first-order valence-corrected chi connectivity index (χ1v) is 7.97. The van der Waals surface area contributed by atoms with Gasteiger partial charge in [0.05, 0.1) is 5.52 Å². The van der Waals surface area contributed by atoms with Crippen molar-refractivity contribution >= 4 is 41.6 Å². The molecule has 132 valence electrons.